The lowest BCUT2D eigenvalue weighted by Gasteiger charge is -2.35. The highest BCUT2D eigenvalue weighted by Crippen LogP contribution is 2.33. The Morgan fingerprint density at radius 2 is 1.81 bits per heavy atom. The molecule has 0 radical (unpaired) electrons. The van der Waals surface area contributed by atoms with Crippen molar-refractivity contribution in [2.45, 2.75) is 18.9 Å². The van der Waals surface area contributed by atoms with E-state index in [-0.39, 0.29) is 0 Å². The molecule has 114 valence electrons. The Bertz CT molecular complexity index is 487. The van der Waals surface area contributed by atoms with Gasteiger partial charge < -0.3 is 19.9 Å². The van der Waals surface area contributed by atoms with E-state index in [0.29, 0.717) is 6.04 Å². The van der Waals surface area contributed by atoms with Crippen LogP contribution in [0.5, 0.6) is 0 Å². The molecule has 0 saturated carbocycles. The van der Waals surface area contributed by atoms with Gasteiger partial charge in [-0.3, -0.25) is 0 Å². The van der Waals surface area contributed by atoms with Crippen molar-refractivity contribution >= 4 is 11.4 Å². The molecule has 4 heteroatoms. The number of rotatable bonds is 3. The van der Waals surface area contributed by atoms with Gasteiger partial charge in [0, 0.05) is 32.2 Å². The van der Waals surface area contributed by atoms with E-state index in [1.807, 2.05) is 0 Å². The molecule has 0 aliphatic carbocycles. The van der Waals surface area contributed by atoms with Gasteiger partial charge in [-0.1, -0.05) is 12.1 Å². The van der Waals surface area contributed by atoms with E-state index >= 15 is 0 Å². The van der Waals surface area contributed by atoms with Gasteiger partial charge in [-0.05, 0) is 37.4 Å². The van der Waals surface area contributed by atoms with Crippen LogP contribution >= 0.6 is 0 Å². The molecule has 4 nitrogen and oxygen atoms in total. The molecule has 3 aliphatic rings. The zero-order valence-corrected chi connectivity index (χ0v) is 12.6. The minimum Gasteiger partial charge on any atom is -0.380 e. The van der Waals surface area contributed by atoms with Gasteiger partial charge in [0.15, 0.2) is 0 Å². The average Bonchev–Trinajstić information content (AvgIpc) is 2.94. The first kappa shape index (κ1) is 13.4. The molecule has 4 rings (SSSR count). The van der Waals surface area contributed by atoms with Gasteiger partial charge in [0.2, 0.25) is 0 Å². The SMILES string of the molecule is c1ccc(N2CCOCC2)c(NC2CCN3CCC2C3)c1. The van der Waals surface area contributed by atoms with E-state index in [0.717, 1.165) is 32.2 Å². The summed E-state index contributed by atoms with van der Waals surface area (Å²) in [6.07, 6.45) is 2.64. The van der Waals surface area contributed by atoms with Gasteiger partial charge in [0.05, 0.1) is 24.6 Å². The van der Waals surface area contributed by atoms with Crippen molar-refractivity contribution in [3.8, 4) is 0 Å². The number of morpholine rings is 1. The minimum absolute atomic E-state index is 0.644. The Balaban J connectivity index is 1.51. The average molecular weight is 287 g/mol. The highest BCUT2D eigenvalue weighted by atomic mass is 16.5. The van der Waals surface area contributed by atoms with Gasteiger partial charge in [0.1, 0.15) is 0 Å². The van der Waals surface area contributed by atoms with Crippen molar-refractivity contribution in [3.05, 3.63) is 24.3 Å². The molecule has 21 heavy (non-hydrogen) atoms. The first-order valence-electron chi connectivity index (χ1n) is 8.31. The molecule has 3 saturated heterocycles. The Hall–Kier alpha value is -1.26. The molecule has 3 atom stereocenters. The lowest BCUT2D eigenvalue weighted by atomic mass is 9.94. The fraction of sp³-hybridized carbons (Fsp3) is 0.647. The highest BCUT2D eigenvalue weighted by molar-refractivity contribution is 5.70. The molecule has 3 aliphatic heterocycles. The lowest BCUT2D eigenvalue weighted by molar-refractivity contribution is 0.123. The quantitative estimate of drug-likeness (QED) is 0.920. The van der Waals surface area contributed by atoms with E-state index < -0.39 is 0 Å². The van der Waals surface area contributed by atoms with Crippen molar-refractivity contribution in [3.63, 3.8) is 0 Å². The zero-order chi connectivity index (χ0) is 14.1. The molecule has 3 heterocycles. The molecule has 1 N–H and O–H groups in total. The van der Waals surface area contributed by atoms with Crippen LogP contribution < -0.4 is 10.2 Å². The third kappa shape index (κ3) is 2.74. The summed E-state index contributed by atoms with van der Waals surface area (Å²) >= 11 is 0. The fourth-order valence-electron chi connectivity index (χ4n) is 4.02. The summed E-state index contributed by atoms with van der Waals surface area (Å²) in [5.41, 5.74) is 2.66. The van der Waals surface area contributed by atoms with Crippen LogP contribution in [-0.4, -0.2) is 56.9 Å². The molecule has 1 aromatic rings. The van der Waals surface area contributed by atoms with E-state index in [2.05, 4.69) is 39.4 Å². The number of para-hydroxylation sites is 2. The summed E-state index contributed by atoms with van der Waals surface area (Å²) in [5.74, 6) is 0.830. The largest absolute Gasteiger partial charge is 0.380 e. The number of hydrogen-bond acceptors (Lipinski definition) is 4. The van der Waals surface area contributed by atoms with Crippen LogP contribution in [0.15, 0.2) is 24.3 Å². The summed E-state index contributed by atoms with van der Waals surface area (Å²) in [7, 11) is 0. The number of nitrogens with one attached hydrogen (secondary N) is 1. The van der Waals surface area contributed by atoms with Crippen LogP contribution in [0.2, 0.25) is 0 Å². The Morgan fingerprint density at radius 1 is 1.00 bits per heavy atom. The van der Waals surface area contributed by atoms with Crippen molar-refractivity contribution in [2.24, 2.45) is 5.92 Å². The van der Waals surface area contributed by atoms with Crippen molar-refractivity contribution in [1.29, 1.82) is 0 Å². The van der Waals surface area contributed by atoms with Gasteiger partial charge in [-0.15, -0.1) is 0 Å². The first-order valence-corrected chi connectivity index (χ1v) is 8.31. The molecule has 0 aromatic heterocycles. The Kier molecular flexibility index (Phi) is 3.74. The Labute approximate surface area is 127 Å². The van der Waals surface area contributed by atoms with Crippen molar-refractivity contribution in [2.75, 3.05) is 56.2 Å². The van der Waals surface area contributed by atoms with E-state index in [1.165, 1.54) is 43.9 Å². The molecular weight excluding hydrogens is 262 g/mol. The van der Waals surface area contributed by atoms with Gasteiger partial charge in [-0.2, -0.15) is 0 Å². The summed E-state index contributed by atoms with van der Waals surface area (Å²) in [6, 6.07) is 9.43. The number of ether oxygens (including phenoxy) is 1. The van der Waals surface area contributed by atoms with Crippen LogP contribution in [0.3, 0.4) is 0 Å². The number of anilines is 2. The van der Waals surface area contributed by atoms with E-state index in [4.69, 9.17) is 4.74 Å². The topological polar surface area (TPSA) is 27.7 Å². The third-order valence-electron chi connectivity index (χ3n) is 5.23. The zero-order valence-electron chi connectivity index (χ0n) is 12.6. The lowest BCUT2D eigenvalue weighted by Crippen LogP contribution is -2.40. The maximum absolute atomic E-state index is 5.48. The van der Waals surface area contributed by atoms with Crippen molar-refractivity contribution < 1.29 is 4.74 Å². The van der Waals surface area contributed by atoms with Crippen LogP contribution in [0.25, 0.3) is 0 Å². The summed E-state index contributed by atoms with van der Waals surface area (Å²) < 4.78 is 5.48. The number of benzene rings is 1. The maximum atomic E-state index is 5.48. The van der Waals surface area contributed by atoms with Crippen molar-refractivity contribution in [1.82, 2.24) is 4.90 Å². The predicted octanol–water partition coefficient (Wildman–Crippen LogP) is 2.03. The second-order valence-electron chi connectivity index (χ2n) is 6.51. The van der Waals surface area contributed by atoms with Gasteiger partial charge in [0.25, 0.3) is 0 Å². The molecule has 0 spiro atoms. The fourth-order valence-corrected chi connectivity index (χ4v) is 4.02. The normalized spacial score (nSPS) is 32.2. The minimum atomic E-state index is 0.644. The highest BCUT2D eigenvalue weighted by Gasteiger charge is 2.34. The number of nitrogens with zero attached hydrogens (tertiary/aromatic N) is 2. The number of fused-ring (bicyclic) bond motifs is 2. The van der Waals surface area contributed by atoms with Gasteiger partial charge in [-0.25, -0.2) is 0 Å². The predicted molar refractivity (Wildman–Crippen MR) is 86.0 cm³/mol. The summed E-state index contributed by atoms with van der Waals surface area (Å²) in [5, 5.41) is 3.87. The first-order chi connectivity index (χ1) is 10.4. The monoisotopic (exact) mass is 287 g/mol. The van der Waals surface area contributed by atoms with Crippen LogP contribution in [0.4, 0.5) is 11.4 Å². The molecule has 2 bridgehead atoms. The third-order valence-corrected chi connectivity index (χ3v) is 5.23. The molecule has 3 fully saturated rings. The second kappa shape index (κ2) is 5.85. The molecule has 1 aromatic carbocycles. The number of piperidine rings is 1. The van der Waals surface area contributed by atoms with Gasteiger partial charge >= 0.3 is 0 Å². The van der Waals surface area contributed by atoms with Crippen LogP contribution in [0.1, 0.15) is 12.8 Å². The van der Waals surface area contributed by atoms with E-state index in [9.17, 15) is 0 Å². The molecule has 0 amide bonds. The summed E-state index contributed by atoms with van der Waals surface area (Å²) in [6.45, 7) is 7.53. The van der Waals surface area contributed by atoms with Crippen LogP contribution in [0, 0.1) is 5.92 Å². The second-order valence-corrected chi connectivity index (χ2v) is 6.51. The smallest absolute Gasteiger partial charge is 0.0642 e. The Morgan fingerprint density at radius 3 is 2.71 bits per heavy atom. The molecule has 3 unspecified atom stereocenters. The number of hydrogen-bond donors (Lipinski definition) is 1. The standard InChI is InChI=1S/C17H25N3O/c1-2-4-17(20-9-11-21-12-10-20)16(3-1)18-15-6-8-19-7-5-14(15)13-19/h1-4,14-15,18H,5-13H2. The van der Waals surface area contributed by atoms with E-state index in [1.54, 1.807) is 0 Å². The summed E-state index contributed by atoms with van der Waals surface area (Å²) in [4.78, 5) is 5.06. The maximum Gasteiger partial charge on any atom is 0.0642 e. The van der Waals surface area contributed by atoms with Crippen LogP contribution in [-0.2, 0) is 4.74 Å². The molecular formula is C17H25N3O.